The van der Waals surface area contributed by atoms with Gasteiger partial charge in [-0.2, -0.15) is 0 Å². The van der Waals surface area contributed by atoms with Crippen LogP contribution in [0.3, 0.4) is 0 Å². The summed E-state index contributed by atoms with van der Waals surface area (Å²) >= 11 is 0. The first-order valence-electron chi connectivity index (χ1n) is 7.54. The van der Waals surface area contributed by atoms with Gasteiger partial charge in [0.2, 0.25) is 0 Å². The fourth-order valence-corrected chi connectivity index (χ4v) is 2.75. The molecule has 2 aromatic rings. The van der Waals surface area contributed by atoms with Crippen molar-refractivity contribution in [1.29, 1.82) is 0 Å². The number of hydrogen-bond acceptors (Lipinski definition) is 3. The van der Waals surface area contributed by atoms with E-state index in [1.165, 1.54) is 11.1 Å². The van der Waals surface area contributed by atoms with Crippen molar-refractivity contribution in [3.63, 3.8) is 0 Å². The average molecular weight is 284 g/mol. The summed E-state index contributed by atoms with van der Waals surface area (Å²) in [5.74, 6) is 7.07. The Labute approximate surface area is 127 Å². The number of ether oxygens (including phenoxy) is 1. The largest absolute Gasteiger partial charge is 0.494 e. The van der Waals surface area contributed by atoms with Crippen molar-refractivity contribution in [2.24, 2.45) is 5.84 Å². The Hall–Kier alpha value is -1.84. The summed E-state index contributed by atoms with van der Waals surface area (Å²) in [6, 6.07) is 18.8. The standard InChI is InChI=1S/C18H24N2O/c1-3-17(14-8-6-5-7-9-14)18(20-19)15-10-12-16(13-11-15)21-4-2/h5-13,17-18,20H,3-4,19H2,1-2H3. The van der Waals surface area contributed by atoms with Crippen molar-refractivity contribution < 1.29 is 4.74 Å². The van der Waals surface area contributed by atoms with Gasteiger partial charge in [-0.15, -0.1) is 0 Å². The molecule has 21 heavy (non-hydrogen) atoms. The zero-order chi connectivity index (χ0) is 15.1. The Bertz CT molecular complexity index is 525. The molecule has 2 unspecified atom stereocenters. The number of hydrogen-bond donors (Lipinski definition) is 2. The molecule has 3 heteroatoms. The van der Waals surface area contributed by atoms with E-state index in [9.17, 15) is 0 Å². The molecule has 3 N–H and O–H groups in total. The Morgan fingerprint density at radius 2 is 1.62 bits per heavy atom. The highest BCUT2D eigenvalue weighted by Gasteiger charge is 2.22. The highest BCUT2D eigenvalue weighted by Crippen LogP contribution is 2.33. The van der Waals surface area contributed by atoms with E-state index in [-0.39, 0.29) is 6.04 Å². The SMILES string of the molecule is CCOc1ccc(C(NN)C(CC)c2ccccc2)cc1. The van der Waals surface area contributed by atoms with E-state index < -0.39 is 0 Å². The lowest BCUT2D eigenvalue weighted by Gasteiger charge is -2.26. The maximum atomic E-state index is 5.83. The first-order chi connectivity index (χ1) is 10.3. The normalized spacial score (nSPS) is 13.7. The third-order valence-electron chi connectivity index (χ3n) is 3.80. The van der Waals surface area contributed by atoms with Crippen molar-refractivity contribution in [3.8, 4) is 5.75 Å². The van der Waals surface area contributed by atoms with Crippen molar-refractivity contribution in [2.45, 2.75) is 32.2 Å². The molecule has 0 aliphatic carbocycles. The Kier molecular flexibility index (Phi) is 5.78. The van der Waals surface area contributed by atoms with Crippen LogP contribution in [0.5, 0.6) is 5.75 Å². The van der Waals surface area contributed by atoms with Gasteiger partial charge in [-0.3, -0.25) is 11.3 Å². The fourth-order valence-electron chi connectivity index (χ4n) is 2.75. The minimum absolute atomic E-state index is 0.0908. The fraction of sp³-hybridized carbons (Fsp3) is 0.333. The van der Waals surface area contributed by atoms with Crippen LogP contribution in [0.15, 0.2) is 54.6 Å². The molecule has 0 aliphatic heterocycles. The molecule has 0 amide bonds. The molecular formula is C18H24N2O. The third-order valence-corrected chi connectivity index (χ3v) is 3.80. The van der Waals surface area contributed by atoms with E-state index in [1.54, 1.807) is 0 Å². The number of nitrogens with two attached hydrogens (primary N) is 1. The number of hydrazine groups is 1. The summed E-state index contributed by atoms with van der Waals surface area (Å²) in [6.07, 6.45) is 1.02. The molecule has 0 fully saturated rings. The molecule has 0 saturated heterocycles. The van der Waals surface area contributed by atoms with Gasteiger partial charge in [0, 0.05) is 5.92 Å². The summed E-state index contributed by atoms with van der Waals surface area (Å²) < 4.78 is 5.49. The monoisotopic (exact) mass is 284 g/mol. The van der Waals surface area contributed by atoms with Crippen LogP contribution < -0.4 is 16.0 Å². The molecule has 0 bridgehead atoms. The number of nitrogens with one attached hydrogen (secondary N) is 1. The molecule has 0 radical (unpaired) electrons. The van der Waals surface area contributed by atoms with Crippen LogP contribution in [-0.2, 0) is 0 Å². The highest BCUT2D eigenvalue weighted by molar-refractivity contribution is 5.32. The second-order valence-electron chi connectivity index (χ2n) is 5.07. The van der Waals surface area contributed by atoms with Gasteiger partial charge in [0.1, 0.15) is 5.75 Å². The zero-order valence-electron chi connectivity index (χ0n) is 12.8. The topological polar surface area (TPSA) is 47.3 Å². The van der Waals surface area contributed by atoms with Crippen molar-refractivity contribution in [2.75, 3.05) is 6.61 Å². The number of benzene rings is 2. The smallest absolute Gasteiger partial charge is 0.119 e. The van der Waals surface area contributed by atoms with E-state index >= 15 is 0 Å². The van der Waals surface area contributed by atoms with Gasteiger partial charge in [-0.1, -0.05) is 49.4 Å². The lowest BCUT2D eigenvalue weighted by molar-refractivity contribution is 0.340. The summed E-state index contributed by atoms with van der Waals surface area (Å²) in [5.41, 5.74) is 5.46. The average Bonchev–Trinajstić information content (AvgIpc) is 2.54. The molecule has 2 aromatic carbocycles. The Balaban J connectivity index is 2.24. The predicted molar refractivity (Wildman–Crippen MR) is 87.1 cm³/mol. The van der Waals surface area contributed by atoms with Gasteiger partial charge in [0.25, 0.3) is 0 Å². The maximum absolute atomic E-state index is 5.83. The lowest BCUT2D eigenvalue weighted by Crippen LogP contribution is -2.32. The summed E-state index contributed by atoms with van der Waals surface area (Å²) in [7, 11) is 0. The summed E-state index contributed by atoms with van der Waals surface area (Å²) in [5, 5.41) is 0. The van der Waals surface area contributed by atoms with Gasteiger partial charge in [-0.05, 0) is 36.6 Å². The summed E-state index contributed by atoms with van der Waals surface area (Å²) in [6.45, 7) is 4.86. The molecule has 0 aromatic heterocycles. The Morgan fingerprint density at radius 1 is 0.952 bits per heavy atom. The maximum Gasteiger partial charge on any atom is 0.119 e. The minimum Gasteiger partial charge on any atom is -0.494 e. The van der Waals surface area contributed by atoms with Crippen LogP contribution in [0.4, 0.5) is 0 Å². The van der Waals surface area contributed by atoms with Crippen molar-refractivity contribution in [3.05, 3.63) is 65.7 Å². The van der Waals surface area contributed by atoms with E-state index in [0.29, 0.717) is 12.5 Å². The first kappa shape index (κ1) is 15.5. The predicted octanol–water partition coefficient (Wildman–Crippen LogP) is 3.78. The number of rotatable bonds is 7. The third kappa shape index (κ3) is 3.84. The second-order valence-corrected chi connectivity index (χ2v) is 5.07. The molecule has 2 atom stereocenters. The first-order valence-corrected chi connectivity index (χ1v) is 7.54. The molecule has 0 spiro atoms. The van der Waals surface area contributed by atoms with E-state index in [0.717, 1.165) is 12.2 Å². The van der Waals surface area contributed by atoms with Crippen LogP contribution in [-0.4, -0.2) is 6.61 Å². The molecule has 2 rings (SSSR count). The van der Waals surface area contributed by atoms with Gasteiger partial charge in [0.15, 0.2) is 0 Å². The van der Waals surface area contributed by atoms with Gasteiger partial charge in [0.05, 0.1) is 12.6 Å². The lowest BCUT2D eigenvalue weighted by atomic mass is 9.85. The summed E-state index contributed by atoms with van der Waals surface area (Å²) in [4.78, 5) is 0. The molecule has 3 nitrogen and oxygen atoms in total. The van der Waals surface area contributed by atoms with Crippen molar-refractivity contribution in [1.82, 2.24) is 5.43 Å². The van der Waals surface area contributed by atoms with Crippen LogP contribution >= 0.6 is 0 Å². The minimum atomic E-state index is 0.0908. The molecule has 0 aliphatic rings. The van der Waals surface area contributed by atoms with Gasteiger partial charge in [-0.25, -0.2) is 0 Å². The van der Waals surface area contributed by atoms with Gasteiger partial charge < -0.3 is 4.74 Å². The van der Waals surface area contributed by atoms with Gasteiger partial charge >= 0.3 is 0 Å². The molecule has 0 saturated carbocycles. The molecule has 0 heterocycles. The molecule has 112 valence electrons. The van der Waals surface area contributed by atoms with Crippen LogP contribution in [0, 0.1) is 0 Å². The zero-order valence-corrected chi connectivity index (χ0v) is 12.8. The Morgan fingerprint density at radius 3 is 2.14 bits per heavy atom. The van der Waals surface area contributed by atoms with E-state index in [2.05, 4.69) is 48.7 Å². The van der Waals surface area contributed by atoms with Crippen LogP contribution in [0.2, 0.25) is 0 Å². The van der Waals surface area contributed by atoms with Crippen LogP contribution in [0.25, 0.3) is 0 Å². The van der Waals surface area contributed by atoms with Crippen LogP contribution in [0.1, 0.15) is 43.4 Å². The van der Waals surface area contributed by atoms with E-state index in [4.69, 9.17) is 10.6 Å². The quantitative estimate of drug-likeness (QED) is 0.601. The van der Waals surface area contributed by atoms with Crippen molar-refractivity contribution >= 4 is 0 Å². The molecular weight excluding hydrogens is 260 g/mol. The van der Waals surface area contributed by atoms with E-state index in [1.807, 2.05) is 25.1 Å². The highest BCUT2D eigenvalue weighted by atomic mass is 16.5. The second kappa shape index (κ2) is 7.81.